The summed E-state index contributed by atoms with van der Waals surface area (Å²) < 4.78 is 0. The van der Waals surface area contributed by atoms with E-state index in [1.54, 1.807) is 0 Å². The zero-order chi connectivity index (χ0) is 16.1. The van der Waals surface area contributed by atoms with Gasteiger partial charge in [0.2, 0.25) is 0 Å². The van der Waals surface area contributed by atoms with E-state index >= 15 is 0 Å². The number of benzene rings is 2. The van der Waals surface area contributed by atoms with Gasteiger partial charge in [0, 0.05) is 43.4 Å². The molecule has 3 heteroatoms. The van der Waals surface area contributed by atoms with Crippen molar-refractivity contribution in [2.24, 2.45) is 0 Å². The summed E-state index contributed by atoms with van der Waals surface area (Å²) in [7, 11) is 0. The first kappa shape index (κ1) is 16.1. The lowest BCUT2D eigenvalue weighted by Gasteiger charge is -2.36. The molecule has 2 nitrogen and oxygen atoms in total. The minimum Gasteiger partial charge on any atom is -0.369 e. The molecule has 0 aliphatic carbocycles. The molecular formula is C20H23ClN2. The van der Waals surface area contributed by atoms with Crippen LogP contribution >= 0.6 is 11.6 Å². The largest absolute Gasteiger partial charge is 0.369 e. The molecule has 23 heavy (non-hydrogen) atoms. The maximum atomic E-state index is 5.96. The van der Waals surface area contributed by atoms with E-state index in [9.17, 15) is 0 Å². The highest BCUT2D eigenvalue weighted by Crippen LogP contribution is 2.19. The van der Waals surface area contributed by atoms with Gasteiger partial charge in [-0.25, -0.2) is 0 Å². The molecule has 1 saturated heterocycles. The van der Waals surface area contributed by atoms with E-state index in [2.05, 4.69) is 65.3 Å². The Labute approximate surface area is 144 Å². The monoisotopic (exact) mass is 326 g/mol. The summed E-state index contributed by atoms with van der Waals surface area (Å²) in [5.41, 5.74) is 3.96. The van der Waals surface area contributed by atoms with Crippen molar-refractivity contribution in [3.05, 3.63) is 70.8 Å². The first-order chi connectivity index (χ1) is 11.2. The van der Waals surface area contributed by atoms with Gasteiger partial charge in [0.1, 0.15) is 0 Å². The number of anilines is 1. The van der Waals surface area contributed by atoms with Gasteiger partial charge in [0.05, 0.1) is 0 Å². The van der Waals surface area contributed by atoms with Crippen molar-refractivity contribution in [1.29, 1.82) is 0 Å². The molecule has 3 rings (SSSR count). The maximum Gasteiger partial charge on any atom is 0.0407 e. The third kappa shape index (κ3) is 4.60. The Kier molecular flexibility index (Phi) is 5.37. The van der Waals surface area contributed by atoms with Crippen LogP contribution in [0.2, 0.25) is 5.02 Å². The highest BCUT2D eigenvalue weighted by atomic mass is 35.5. The number of piperazine rings is 1. The molecule has 0 spiro atoms. The third-order valence-electron chi connectivity index (χ3n) is 4.25. The van der Waals surface area contributed by atoms with Crippen LogP contribution in [0.25, 0.3) is 6.08 Å². The van der Waals surface area contributed by atoms with Gasteiger partial charge in [-0.15, -0.1) is 0 Å². The summed E-state index contributed by atoms with van der Waals surface area (Å²) in [6.07, 6.45) is 2.28. The Hall–Kier alpha value is -1.77. The fourth-order valence-electron chi connectivity index (χ4n) is 3.05. The smallest absolute Gasteiger partial charge is 0.0407 e. The summed E-state index contributed by atoms with van der Waals surface area (Å²) >= 11 is 5.96. The molecule has 1 aliphatic rings. The summed E-state index contributed by atoms with van der Waals surface area (Å²) in [5, 5.41) is 0.800. The second kappa shape index (κ2) is 7.67. The molecule has 1 aliphatic heterocycles. The van der Waals surface area contributed by atoms with Crippen LogP contribution in [0.3, 0.4) is 0 Å². The van der Waals surface area contributed by atoms with Crippen molar-refractivity contribution in [3.8, 4) is 0 Å². The van der Waals surface area contributed by atoms with Crippen LogP contribution < -0.4 is 4.90 Å². The number of hydrogen-bond acceptors (Lipinski definition) is 2. The van der Waals surface area contributed by atoms with Crippen molar-refractivity contribution in [1.82, 2.24) is 4.90 Å². The summed E-state index contributed by atoms with van der Waals surface area (Å²) in [5.74, 6) is 0. The van der Waals surface area contributed by atoms with Crippen LogP contribution in [-0.2, 0) is 0 Å². The first-order valence-corrected chi connectivity index (χ1v) is 8.53. The Balaban J connectivity index is 1.53. The Morgan fingerprint density at radius 3 is 2.26 bits per heavy atom. The minimum atomic E-state index is 0.800. The Bertz CT molecular complexity index is 641. The predicted molar refractivity (Wildman–Crippen MR) is 100 cm³/mol. The van der Waals surface area contributed by atoms with E-state index in [4.69, 9.17) is 11.6 Å². The second-order valence-electron chi connectivity index (χ2n) is 6.14. The fourth-order valence-corrected chi connectivity index (χ4v) is 3.17. The molecule has 0 atom stereocenters. The van der Waals surface area contributed by atoms with E-state index in [0.29, 0.717) is 0 Å². The van der Waals surface area contributed by atoms with E-state index in [0.717, 1.165) is 37.7 Å². The van der Waals surface area contributed by atoms with Gasteiger partial charge < -0.3 is 4.90 Å². The molecule has 1 fully saturated rings. The molecule has 0 N–H and O–H groups in total. The van der Waals surface area contributed by atoms with Crippen LogP contribution in [0.15, 0.2) is 60.2 Å². The molecule has 0 unspecified atom stereocenters. The van der Waals surface area contributed by atoms with E-state index in [1.165, 1.54) is 16.8 Å². The molecule has 120 valence electrons. The summed E-state index contributed by atoms with van der Waals surface area (Å²) in [4.78, 5) is 4.96. The molecular weight excluding hydrogens is 304 g/mol. The zero-order valence-electron chi connectivity index (χ0n) is 13.6. The SMILES string of the molecule is C/C(=C\c1ccccc1)CN1CCN(c2ccc(Cl)cc2)CC1. The van der Waals surface area contributed by atoms with Crippen LogP contribution in [0, 0.1) is 0 Å². The lowest BCUT2D eigenvalue weighted by Crippen LogP contribution is -2.46. The molecule has 1 heterocycles. The van der Waals surface area contributed by atoms with Crippen LogP contribution in [-0.4, -0.2) is 37.6 Å². The topological polar surface area (TPSA) is 6.48 Å². The van der Waals surface area contributed by atoms with Crippen molar-refractivity contribution in [2.75, 3.05) is 37.6 Å². The minimum absolute atomic E-state index is 0.800. The van der Waals surface area contributed by atoms with E-state index in [1.807, 2.05) is 12.1 Å². The van der Waals surface area contributed by atoms with Gasteiger partial charge >= 0.3 is 0 Å². The van der Waals surface area contributed by atoms with Crippen molar-refractivity contribution >= 4 is 23.4 Å². The molecule has 2 aromatic rings. The quantitative estimate of drug-likeness (QED) is 0.812. The first-order valence-electron chi connectivity index (χ1n) is 8.16. The fraction of sp³-hybridized carbons (Fsp3) is 0.300. The van der Waals surface area contributed by atoms with Crippen molar-refractivity contribution < 1.29 is 0 Å². The highest BCUT2D eigenvalue weighted by molar-refractivity contribution is 6.30. The summed E-state index contributed by atoms with van der Waals surface area (Å²) in [6, 6.07) is 18.7. The average Bonchev–Trinajstić information content (AvgIpc) is 2.57. The van der Waals surface area contributed by atoms with Crippen LogP contribution in [0.4, 0.5) is 5.69 Å². The van der Waals surface area contributed by atoms with Crippen molar-refractivity contribution in [3.63, 3.8) is 0 Å². The van der Waals surface area contributed by atoms with Gasteiger partial charge in [-0.3, -0.25) is 4.90 Å². The lowest BCUT2D eigenvalue weighted by atomic mass is 10.1. The molecule has 2 aromatic carbocycles. The van der Waals surface area contributed by atoms with Crippen molar-refractivity contribution in [2.45, 2.75) is 6.92 Å². The zero-order valence-corrected chi connectivity index (χ0v) is 14.3. The number of halogens is 1. The van der Waals surface area contributed by atoms with Crippen LogP contribution in [0.5, 0.6) is 0 Å². The molecule has 0 radical (unpaired) electrons. The highest BCUT2D eigenvalue weighted by Gasteiger charge is 2.17. The standard InChI is InChI=1S/C20H23ClN2/c1-17(15-18-5-3-2-4-6-18)16-22-11-13-23(14-12-22)20-9-7-19(21)8-10-20/h2-10,15H,11-14,16H2,1H3/b17-15+. The van der Waals surface area contributed by atoms with Gasteiger partial charge in [0.25, 0.3) is 0 Å². The van der Waals surface area contributed by atoms with Gasteiger partial charge in [-0.1, -0.05) is 53.6 Å². The normalized spacial score (nSPS) is 16.6. The van der Waals surface area contributed by atoms with E-state index in [-0.39, 0.29) is 0 Å². The molecule has 0 bridgehead atoms. The molecule has 0 saturated carbocycles. The average molecular weight is 327 g/mol. The predicted octanol–water partition coefficient (Wildman–Crippen LogP) is 4.57. The lowest BCUT2D eigenvalue weighted by molar-refractivity contribution is 0.279. The maximum absolute atomic E-state index is 5.96. The number of rotatable bonds is 4. The van der Waals surface area contributed by atoms with Crippen LogP contribution in [0.1, 0.15) is 12.5 Å². The van der Waals surface area contributed by atoms with E-state index < -0.39 is 0 Å². The van der Waals surface area contributed by atoms with Gasteiger partial charge in [-0.05, 0) is 36.8 Å². The number of nitrogens with zero attached hydrogens (tertiary/aromatic N) is 2. The van der Waals surface area contributed by atoms with Gasteiger partial charge in [-0.2, -0.15) is 0 Å². The Morgan fingerprint density at radius 2 is 1.61 bits per heavy atom. The molecule has 0 aromatic heterocycles. The Morgan fingerprint density at radius 1 is 0.957 bits per heavy atom. The molecule has 0 amide bonds. The van der Waals surface area contributed by atoms with Gasteiger partial charge in [0.15, 0.2) is 0 Å². The second-order valence-corrected chi connectivity index (χ2v) is 6.58. The summed E-state index contributed by atoms with van der Waals surface area (Å²) in [6.45, 7) is 7.60. The number of hydrogen-bond donors (Lipinski definition) is 0. The third-order valence-corrected chi connectivity index (χ3v) is 4.50.